The summed E-state index contributed by atoms with van der Waals surface area (Å²) in [5, 5.41) is 14.0. The number of likely N-dealkylation sites (tertiary alicyclic amines) is 1. The maximum Gasteiger partial charge on any atom is 0.320 e. The Morgan fingerprint density at radius 1 is 0.919 bits per heavy atom. The molecule has 3 aromatic rings. The van der Waals surface area contributed by atoms with Crippen molar-refractivity contribution in [2.24, 2.45) is 0 Å². The second-order valence-electron chi connectivity index (χ2n) is 8.89. The first-order valence-corrected chi connectivity index (χ1v) is 12.3. The molecule has 0 spiro atoms. The third-order valence-corrected chi connectivity index (χ3v) is 6.40. The van der Waals surface area contributed by atoms with Crippen molar-refractivity contribution in [3.05, 3.63) is 114 Å². The summed E-state index contributed by atoms with van der Waals surface area (Å²) < 4.78 is 5.30. The molecule has 0 unspecified atom stereocenters. The molecule has 0 aliphatic carbocycles. The van der Waals surface area contributed by atoms with Crippen LogP contribution in [0.3, 0.4) is 0 Å². The van der Waals surface area contributed by atoms with Crippen LogP contribution in [0.5, 0.6) is 0 Å². The van der Waals surface area contributed by atoms with E-state index in [1.807, 2.05) is 36.4 Å². The number of carbonyl (C=O) groups is 3. The Bertz CT molecular complexity index is 1190. The molecule has 1 atom stereocenters. The zero-order valence-electron chi connectivity index (χ0n) is 20.5. The fourth-order valence-corrected chi connectivity index (χ4v) is 4.49. The number of rotatable bonds is 9. The van der Waals surface area contributed by atoms with Gasteiger partial charge >= 0.3 is 5.97 Å². The lowest BCUT2D eigenvalue weighted by Gasteiger charge is -2.29. The number of imide groups is 1. The molecule has 1 aliphatic rings. The first-order valence-electron chi connectivity index (χ1n) is 12.3. The van der Waals surface area contributed by atoms with E-state index in [2.05, 4.69) is 5.32 Å². The van der Waals surface area contributed by atoms with Crippen molar-refractivity contribution in [1.29, 1.82) is 0 Å². The lowest BCUT2D eigenvalue weighted by molar-refractivity contribution is -0.145. The van der Waals surface area contributed by atoms with Crippen LogP contribution < -0.4 is 5.32 Å². The number of hydrogen-bond donors (Lipinski definition) is 2. The molecule has 0 saturated carbocycles. The quantitative estimate of drug-likeness (QED) is 0.440. The molecular formula is C30H30N2O5. The number of nitrogens with zero attached hydrogens (tertiary/aromatic N) is 1. The van der Waals surface area contributed by atoms with Crippen LogP contribution in [0, 0.1) is 0 Å². The van der Waals surface area contributed by atoms with Gasteiger partial charge in [0.15, 0.2) is 5.60 Å². The van der Waals surface area contributed by atoms with Crippen LogP contribution in [-0.4, -0.2) is 53.5 Å². The Labute approximate surface area is 216 Å². The van der Waals surface area contributed by atoms with E-state index < -0.39 is 29.4 Å². The van der Waals surface area contributed by atoms with Gasteiger partial charge in [-0.3, -0.25) is 24.6 Å². The van der Waals surface area contributed by atoms with Crippen molar-refractivity contribution >= 4 is 23.9 Å². The molecule has 0 bridgehead atoms. The first-order chi connectivity index (χ1) is 18.0. The Kier molecular flexibility index (Phi) is 8.61. The summed E-state index contributed by atoms with van der Waals surface area (Å²) >= 11 is 0. The number of nitrogens with one attached hydrogen (secondary N) is 1. The number of ether oxygens (including phenoxy) is 1. The van der Waals surface area contributed by atoms with Gasteiger partial charge in [-0.2, -0.15) is 0 Å². The van der Waals surface area contributed by atoms with E-state index in [1.54, 1.807) is 71.6 Å². The SMILES string of the molecule is O=C(CN1CCC[C@H]1C(=O)NC(=O)C(O)(c1ccccc1)c1ccccc1)OCC=Cc1ccccc1. The summed E-state index contributed by atoms with van der Waals surface area (Å²) in [6, 6.07) is 26.0. The number of benzene rings is 3. The van der Waals surface area contributed by atoms with Crippen molar-refractivity contribution in [2.75, 3.05) is 19.7 Å². The zero-order chi connectivity index (χ0) is 26.1. The Morgan fingerprint density at radius 3 is 2.08 bits per heavy atom. The Hall–Kier alpha value is -4.07. The van der Waals surface area contributed by atoms with Crippen LogP contribution in [0.4, 0.5) is 0 Å². The third kappa shape index (κ3) is 6.39. The summed E-state index contributed by atoms with van der Waals surface area (Å²) in [6.45, 7) is 0.591. The zero-order valence-corrected chi connectivity index (χ0v) is 20.5. The van der Waals surface area contributed by atoms with E-state index in [9.17, 15) is 19.5 Å². The molecular weight excluding hydrogens is 468 g/mol. The highest BCUT2D eigenvalue weighted by Crippen LogP contribution is 2.30. The molecule has 7 heteroatoms. The number of amides is 2. The monoisotopic (exact) mass is 498 g/mol. The van der Waals surface area contributed by atoms with Gasteiger partial charge in [0, 0.05) is 0 Å². The van der Waals surface area contributed by atoms with Crippen LogP contribution in [0.1, 0.15) is 29.5 Å². The smallest absolute Gasteiger partial charge is 0.320 e. The highest BCUT2D eigenvalue weighted by Gasteiger charge is 2.42. The summed E-state index contributed by atoms with van der Waals surface area (Å²) in [7, 11) is 0. The maximum atomic E-state index is 13.4. The second kappa shape index (κ2) is 12.3. The van der Waals surface area contributed by atoms with Crippen molar-refractivity contribution in [3.63, 3.8) is 0 Å². The lowest BCUT2D eigenvalue weighted by Crippen LogP contribution is -2.53. The minimum atomic E-state index is -2.05. The molecule has 1 fully saturated rings. The summed E-state index contributed by atoms with van der Waals surface area (Å²) in [6.07, 6.45) is 4.82. The van der Waals surface area contributed by atoms with Gasteiger partial charge in [-0.15, -0.1) is 0 Å². The van der Waals surface area contributed by atoms with Gasteiger partial charge in [0.05, 0.1) is 12.6 Å². The van der Waals surface area contributed by atoms with E-state index in [4.69, 9.17) is 4.74 Å². The van der Waals surface area contributed by atoms with Gasteiger partial charge in [-0.25, -0.2) is 0 Å². The van der Waals surface area contributed by atoms with E-state index in [-0.39, 0.29) is 13.2 Å². The summed E-state index contributed by atoms with van der Waals surface area (Å²) in [5.74, 6) is -1.84. The third-order valence-electron chi connectivity index (χ3n) is 6.40. The van der Waals surface area contributed by atoms with Gasteiger partial charge in [0.2, 0.25) is 5.91 Å². The van der Waals surface area contributed by atoms with Gasteiger partial charge < -0.3 is 9.84 Å². The number of carbonyl (C=O) groups excluding carboxylic acids is 3. The lowest BCUT2D eigenvalue weighted by atomic mass is 9.85. The molecule has 1 heterocycles. The van der Waals surface area contributed by atoms with Gasteiger partial charge in [-0.1, -0.05) is 97.1 Å². The molecule has 4 rings (SSSR count). The van der Waals surface area contributed by atoms with Gasteiger partial charge in [0.25, 0.3) is 5.91 Å². The van der Waals surface area contributed by atoms with E-state index in [0.29, 0.717) is 30.5 Å². The van der Waals surface area contributed by atoms with Crippen molar-refractivity contribution < 1.29 is 24.2 Å². The molecule has 1 aliphatic heterocycles. The molecule has 1 saturated heterocycles. The van der Waals surface area contributed by atoms with Crippen molar-refractivity contribution in [1.82, 2.24) is 10.2 Å². The molecule has 190 valence electrons. The summed E-state index contributed by atoms with van der Waals surface area (Å²) in [5.41, 5.74) is -0.347. The normalized spacial score (nSPS) is 16.0. The van der Waals surface area contributed by atoms with Crippen LogP contribution in [-0.2, 0) is 24.7 Å². The second-order valence-corrected chi connectivity index (χ2v) is 8.89. The van der Waals surface area contributed by atoms with Gasteiger partial charge in [0.1, 0.15) is 6.61 Å². The molecule has 2 N–H and O–H groups in total. The predicted molar refractivity (Wildman–Crippen MR) is 140 cm³/mol. The van der Waals surface area contributed by atoms with E-state index in [1.165, 1.54) is 0 Å². The fourth-order valence-electron chi connectivity index (χ4n) is 4.49. The molecule has 0 aromatic heterocycles. The maximum absolute atomic E-state index is 13.4. The average molecular weight is 499 g/mol. The van der Waals surface area contributed by atoms with E-state index >= 15 is 0 Å². The minimum Gasteiger partial charge on any atom is -0.460 e. The van der Waals surface area contributed by atoms with Crippen LogP contribution >= 0.6 is 0 Å². The first kappa shape index (κ1) is 26.0. The highest BCUT2D eigenvalue weighted by molar-refractivity contribution is 6.03. The fraction of sp³-hybridized carbons (Fsp3) is 0.233. The minimum absolute atomic E-state index is 0.0624. The average Bonchev–Trinajstić information content (AvgIpc) is 3.40. The highest BCUT2D eigenvalue weighted by atomic mass is 16.5. The largest absolute Gasteiger partial charge is 0.460 e. The summed E-state index contributed by atoms with van der Waals surface area (Å²) in [4.78, 5) is 40.6. The molecule has 3 aromatic carbocycles. The van der Waals surface area contributed by atoms with Crippen LogP contribution in [0.25, 0.3) is 6.08 Å². The standard InChI is InChI=1S/C30H30N2O5/c33-27(37-21-11-14-23-12-4-1-5-13-23)22-32-20-10-19-26(32)28(34)31-29(35)30(36,24-15-6-2-7-16-24)25-17-8-3-9-18-25/h1-9,11-18,26,36H,10,19-22H2,(H,31,34,35)/t26-/m0/s1. The van der Waals surface area contributed by atoms with Crippen molar-refractivity contribution in [3.8, 4) is 0 Å². The Morgan fingerprint density at radius 2 is 1.49 bits per heavy atom. The van der Waals surface area contributed by atoms with Crippen molar-refractivity contribution in [2.45, 2.75) is 24.5 Å². The van der Waals surface area contributed by atoms with Crippen LogP contribution in [0.15, 0.2) is 97.1 Å². The number of aliphatic hydroxyl groups is 1. The molecule has 37 heavy (non-hydrogen) atoms. The molecule has 2 amide bonds. The van der Waals surface area contributed by atoms with Crippen LogP contribution in [0.2, 0.25) is 0 Å². The molecule has 7 nitrogen and oxygen atoms in total. The topological polar surface area (TPSA) is 95.9 Å². The number of esters is 1. The number of hydrogen-bond acceptors (Lipinski definition) is 6. The van der Waals surface area contributed by atoms with Gasteiger partial charge in [-0.05, 0) is 42.2 Å². The Balaban J connectivity index is 1.38. The predicted octanol–water partition coefficient (Wildman–Crippen LogP) is 3.29. The van der Waals surface area contributed by atoms with E-state index in [0.717, 1.165) is 5.56 Å². The molecule has 0 radical (unpaired) electrons.